The van der Waals surface area contributed by atoms with Crippen LogP contribution in [0, 0.1) is 11.9 Å². The molecule has 0 saturated carbocycles. The number of fused-ring (bicyclic) bond motifs is 3. The van der Waals surface area contributed by atoms with Crippen molar-refractivity contribution in [2.75, 3.05) is 13.7 Å². The number of furan rings is 1. The van der Waals surface area contributed by atoms with Crippen LogP contribution in [0.25, 0.3) is 21.1 Å². The van der Waals surface area contributed by atoms with E-state index in [4.69, 9.17) is 13.9 Å². The number of ether oxygens (including phenoxy) is 2. The average molecular weight is 364 g/mol. The molecule has 0 spiro atoms. The van der Waals surface area contributed by atoms with Crippen LogP contribution in [0.3, 0.4) is 0 Å². The van der Waals surface area contributed by atoms with Gasteiger partial charge in [0.15, 0.2) is 17.1 Å². The molecule has 1 atom stereocenters. The van der Waals surface area contributed by atoms with Crippen LogP contribution in [0.5, 0.6) is 5.75 Å². The first-order valence-corrected chi connectivity index (χ1v) is 8.65. The number of methoxy groups -OCH3 is 1. The molecule has 2 aromatic heterocycles. The van der Waals surface area contributed by atoms with Gasteiger partial charge in [-0.25, -0.2) is 0 Å². The maximum Gasteiger partial charge on any atom is 0.309 e. The van der Waals surface area contributed by atoms with E-state index in [0.29, 0.717) is 21.6 Å². The number of carbonyl (C=O) groups is 2. The Morgan fingerprint density at radius 1 is 1.28 bits per heavy atom. The van der Waals surface area contributed by atoms with Gasteiger partial charge < -0.3 is 13.9 Å². The van der Waals surface area contributed by atoms with Crippen molar-refractivity contribution < 1.29 is 27.9 Å². The second-order valence-electron chi connectivity index (χ2n) is 5.67. The molecular formula is C18H17FO5S. The third-order valence-corrected chi connectivity index (χ3v) is 5.04. The van der Waals surface area contributed by atoms with Crippen LogP contribution in [-0.2, 0) is 9.53 Å². The van der Waals surface area contributed by atoms with E-state index >= 15 is 0 Å². The Balaban J connectivity index is 1.97. The van der Waals surface area contributed by atoms with Gasteiger partial charge in [-0.3, -0.25) is 9.59 Å². The van der Waals surface area contributed by atoms with E-state index in [1.807, 2.05) is 0 Å². The molecule has 0 aliphatic heterocycles. The lowest BCUT2D eigenvalue weighted by Gasteiger charge is -2.08. The molecule has 3 aromatic rings. The normalized spacial score (nSPS) is 12.5. The topological polar surface area (TPSA) is 65.7 Å². The zero-order valence-corrected chi connectivity index (χ0v) is 14.9. The van der Waals surface area contributed by atoms with Gasteiger partial charge in [-0.05, 0) is 13.0 Å². The van der Waals surface area contributed by atoms with Crippen molar-refractivity contribution in [2.45, 2.75) is 20.3 Å². The molecule has 0 saturated heterocycles. The molecular weight excluding hydrogens is 347 g/mol. The molecule has 0 amide bonds. The average Bonchev–Trinajstić information content (AvgIpc) is 3.16. The number of thiophene rings is 1. The first-order valence-electron chi connectivity index (χ1n) is 7.84. The highest BCUT2D eigenvalue weighted by molar-refractivity contribution is 7.21. The highest BCUT2D eigenvalue weighted by atomic mass is 32.1. The maximum absolute atomic E-state index is 13.5. The zero-order chi connectivity index (χ0) is 18.1. The van der Waals surface area contributed by atoms with Crippen LogP contribution in [0.4, 0.5) is 4.39 Å². The minimum absolute atomic E-state index is 0.0612. The zero-order valence-electron chi connectivity index (χ0n) is 14.1. The number of ketones is 1. The monoisotopic (exact) mass is 364 g/mol. The smallest absolute Gasteiger partial charge is 0.309 e. The van der Waals surface area contributed by atoms with Crippen molar-refractivity contribution >= 4 is 44.1 Å². The second-order valence-corrected chi connectivity index (χ2v) is 6.76. The Bertz CT molecular complexity index is 955. The Morgan fingerprint density at radius 2 is 2.04 bits per heavy atom. The number of halogens is 1. The van der Waals surface area contributed by atoms with Crippen LogP contribution < -0.4 is 4.74 Å². The summed E-state index contributed by atoms with van der Waals surface area (Å²) in [6.45, 7) is 3.67. The van der Waals surface area contributed by atoms with E-state index < -0.39 is 17.9 Å². The molecule has 0 fully saturated rings. The van der Waals surface area contributed by atoms with Gasteiger partial charge in [0.1, 0.15) is 0 Å². The molecule has 132 valence electrons. The fourth-order valence-electron chi connectivity index (χ4n) is 2.69. The first kappa shape index (κ1) is 17.4. The number of hydrogen-bond donors (Lipinski definition) is 0. The van der Waals surface area contributed by atoms with Crippen molar-refractivity contribution in [3.8, 4) is 5.75 Å². The van der Waals surface area contributed by atoms with E-state index in [0.717, 1.165) is 10.1 Å². The van der Waals surface area contributed by atoms with E-state index in [9.17, 15) is 14.0 Å². The number of benzene rings is 1. The number of carbonyl (C=O) groups excluding carboxylic acids is 2. The summed E-state index contributed by atoms with van der Waals surface area (Å²) in [5.41, 5.74) is 0.309. The predicted octanol–water partition coefficient (Wildman–Crippen LogP) is 4.57. The summed E-state index contributed by atoms with van der Waals surface area (Å²) in [6, 6.07) is 3.99. The number of esters is 1. The van der Waals surface area contributed by atoms with Crippen LogP contribution in [0.1, 0.15) is 29.9 Å². The first-order chi connectivity index (χ1) is 11.9. The van der Waals surface area contributed by atoms with Gasteiger partial charge in [-0.2, -0.15) is 4.39 Å². The molecule has 0 aliphatic rings. The minimum atomic E-state index is -0.712. The van der Waals surface area contributed by atoms with E-state index in [1.54, 1.807) is 26.0 Å². The molecule has 7 heteroatoms. The molecule has 2 heterocycles. The van der Waals surface area contributed by atoms with Gasteiger partial charge >= 0.3 is 5.97 Å². The Labute approximate surface area is 147 Å². The van der Waals surface area contributed by atoms with Gasteiger partial charge in [0.25, 0.3) is 6.01 Å². The highest BCUT2D eigenvalue weighted by Crippen LogP contribution is 2.39. The Hall–Kier alpha value is -2.41. The summed E-state index contributed by atoms with van der Waals surface area (Å²) < 4.78 is 29.5. The van der Waals surface area contributed by atoms with E-state index in [-0.39, 0.29) is 18.8 Å². The SMILES string of the molecule is CCOC(=O)C(C)CC(=O)c1cc2c(cc(OC)c3oc(F)cc32)s1. The third-order valence-electron chi connectivity index (χ3n) is 3.91. The van der Waals surface area contributed by atoms with Gasteiger partial charge in [-0.15, -0.1) is 11.3 Å². The highest BCUT2D eigenvalue weighted by Gasteiger charge is 2.22. The summed E-state index contributed by atoms with van der Waals surface area (Å²) in [5, 5.41) is 1.28. The lowest BCUT2D eigenvalue weighted by atomic mass is 10.0. The number of hydrogen-bond acceptors (Lipinski definition) is 6. The molecule has 0 aliphatic carbocycles. The van der Waals surface area contributed by atoms with Crippen LogP contribution >= 0.6 is 11.3 Å². The largest absolute Gasteiger partial charge is 0.493 e. The summed E-state index contributed by atoms with van der Waals surface area (Å²) in [5.74, 6) is -0.651. The summed E-state index contributed by atoms with van der Waals surface area (Å²) in [4.78, 5) is 24.7. The maximum atomic E-state index is 13.5. The summed E-state index contributed by atoms with van der Waals surface area (Å²) in [6.07, 6.45) is 0.0612. The number of Topliss-reactive ketones (excluding diaryl/α,β-unsaturated/α-hetero) is 1. The van der Waals surface area contributed by atoms with E-state index in [2.05, 4.69) is 0 Å². The van der Waals surface area contributed by atoms with Crippen molar-refractivity contribution in [1.29, 1.82) is 0 Å². The van der Waals surface area contributed by atoms with Gasteiger partial charge in [-0.1, -0.05) is 6.92 Å². The molecule has 1 unspecified atom stereocenters. The summed E-state index contributed by atoms with van der Waals surface area (Å²) in [7, 11) is 1.47. The van der Waals surface area contributed by atoms with Crippen LogP contribution in [0.15, 0.2) is 22.6 Å². The third kappa shape index (κ3) is 3.24. The fraction of sp³-hybridized carbons (Fsp3) is 0.333. The lowest BCUT2D eigenvalue weighted by Crippen LogP contribution is -2.17. The molecule has 0 bridgehead atoms. The Kier molecular flexibility index (Phi) is 4.76. The Morgan fingerprint density at radius 3 is 2.72 bits per heavy atom. The fourth-order valence-corrected chi connectivity index (χ4v) is 3.74. The van der Waals surface area contributed by atoms with Crippen molar-refractivity contribution in [3.05, 3.63) is 29.1 Å². The lowest BCUT2D eigenvalue weighted by molar-refractivity contribution is -0.147. The van der Waals surface area contributed by atoms with Gasteiger partial charge in [0, 0.05) is 34.0 Å². The number of rotatable bonds is 6. The predicted molar refractivity (Wildman–Crippen MR) is 92.9 cm³/mol. The van der Waals surface area contributed by atoms with Crippen molar-refractivity contribution in [2.24, 2.45) is 5.92 Å². The van der Waals surface area contributed by atoms with Crippen molar-refractivity contribution in [1.82, 2.24) is 0 Å². The van der Waals surface area contributed by atoms with Crippen LogP contribution in [-0.4, -0.2) is 25.5 Å². The second kappa shape index (κ2) is 6.84. The van der Waals surface area contributed by atoms with Crippen molar-refractivity contribution in [3.63, 3.8) is 0 Å². The summed E-state index contributed by atoms with van der Waals surface area (Å²) >= 11 is 1.28. The van der Waals surface area contributed by atoms with Gasteiger partial charge in [0.2, 0.25) is 0 Å². The van der Waals surface area contributed by atoms with Crippen LogP contribution in [0.2, 0.25) is 0 Å². The molecule has 25 heavy (non-hydrogen) atoms. The quantitative estimate of drug-likeness (QED) is 0.474. The molecule has 1 aromatic carbocycles. The molecule has 0 N–H and O–H groups in total. The van der Waals surface area contributed by atoms with Gasteiger partial charge in [0.05, 0.1) is 24.5 Å². The standard InChI is InChI=1S/C18H17FO5S/c1-4-23-18(21)9(2)5-12(20)15-6-10-11-7-16(19)24-17(11)13(22-3)8-14(10)25-15/h6-9H,4-5H2,1-3H3. The molecule has 3 rings (SSSR count). The van der Waals surface area contributed by atoms with E-state index in [1.165, 1.54) is 24.5 Å². The molecule has 0 radical (unpaired) electrons. The molecule has 5 nitrogen and oxygen atoms in total. The minimum Gasteiger partial charge on any atom is -0.493 e.